The number of aliphatic hydroxyl groups is 1. The number of carbonyl (C=O) groups is 1. The molecule has 0 saturated carbocycles. The van der Waals surface area contributed by atoms with Gasteiger partial charge in [-0.15, -0.1) is 0 Å². The Labute approximate surface area is 138 Å². The molecular formula is C15H16N2O6S. The van der Waals surface area contributed by atoms with E-state index < -0.39 is 27.4 Å². The number of rotatable bonds is 2. The number of fused-ring (bicyclic) bond motifs is 3. The third kappa shape index (κ3) is 1.91. The molecule has 128 valence electrons. The van der Waals surface area contributed by atoms with Crippen LogP contribution < -0.4 is 4.74 Å². The molecule has 0 amide bonds. The standard InChI is InChI=1S/C15H16N2O6S/c1-16-10-6-5-8(22-3)7-9(10)14-11(16)13(18)12(15(19)23-4)17(2)24(14,20)21/h5-7,18H,1-4H3. The zero-order valence-corrected chi connectivity index (χ0v) is 14.3. The van der Waals surface area contributed by atoms with Crippen molar-refractivity contribution in [2.45, 2.75) is 4.90 Å². The summed E-state index contributed by atoms with van der Waals surface area (Å²) in [7, 11) is 1.35. The van der Waals surface area contributed by atoms with Gasteiger partial charge in [-0.3, -0.25) is 4.31 Å². The first-order chi connectivity index (χ1) is 11.3. The van der Waals surface area contributed by atoms with Gasteiger partial charge in [-0.1, -0.05) is 0 Å². The molecule has 0 radical (unpaired) electrons. The number of ether oxygens (including phenoxy) is 2. The molecule has 0 atom stereocenters. The van der Waals surface area contributed by atoms with E-state index >= 15 is 0 Å². The smallest absolute Gasteiger partial charge is 0.359 e. The lowest BCUT2D eigenvalue weighted by Crippen LogP contribution is -2.35. The summed E-state index contributed by atoms with van der Waals surface area (Å²) in [5.74, 6) is -0.908. The number of carbonyl (C=O) groups excluding carboxylic acids is 1. The number of aromatic nitrogens is 1. The Morgan fingerprint density at radius 3 is 2.46 bits per heavy atom. The number of likely N-dealkylation sites (N-methyl/N-ethyl adjacent to an activating group) is 1. The second-order valence-corrected chi connectivity index (χ2v) is 7.19. The van der Waals surface area contributed by atoms with Crippen LogP contribution in [0.1, 0.15) is 5.69 Å². The van der Waals surface area contributed by atoms with Crippen molar-refractivity contribution in [1.82, 2.24) is 8.87 Å². The first-order valence-electron chi connectivity index (χ1n) is 6.93. The van der Waals surface area contributed by atoms with Crippen molar-refractivity contribution in [2.75, 3.05) is 21.3 Å². The van der Waals surface area contributed by atoms with E-state index in [0.29, 0.717) is 16.7 Å². The third-order valence-corrected chi connectivity index (χ3v) is 5.95. The van der Waals surface area contributed by atoms with Gasteiger partial charge < -0.3 is 19.1 Å². The maximum absolute atomic E-state index is 12.9. The summed E-state index contributed by atoms with van der Waals surface area (Å²) in [6, 6.07) is 4.95. The minimum Gasteiger partial charge on any atom is -0.504 e. The fraction of sp³-hybridized carbons (Fsp3) is 0.267. The summed E-state index contributed by atoms with van der Waals surface area (Å²) in [5, 5.41) is 11.0. The van der Waals surface area contributed by atoms with Gasteiger partial charge in [0, 0.05) is 19.5 Å². The monoisotopic (exact) mass is 352 g/mol. The molecule has 1 aliphatic rings. The van der Waals surface area contributed by atoms with E-state index in [4.69, 9.17) is 4.74 Å². The Kier molecular flexibility index (Phi) is 3.48. The van der Waals surface area contributed by atoms with Gasteiger partial charge in [-0.05, 0) is 18.2 Å². The molecule has 0 unspecified atom stereocenters. The summed E-state index contributed by atoms with van der Waals surface area (Å²) in [6.07, 6.45) is 0. The van der Waals surface area contributed by atoms with Gasteiger partial charge in [0.05, 0.1) is 19.7 Å². The Morgan fingerprint density at radius 2 is 1.88 bits per heavy atom. The Balaban J connectivity index is 2.50. The van der Waals surface area contributed by atoms with Gasteiger partial charge in [0.15, 0.2) is 11.5 Å². The van der Waals surface area contributed by atoms with E-state index in [1.165, 1.54) is 18.7 Å². The molecule has 0 spiro atoms. The van der Waals surface area contributed by atoms with Crippen LogP contribution in [0.25, 0.3) is 16.7 Å². The Morgan fingerprint density at radius 1 is 1.21 bits per heavy atom. The molecule has 0 fully saturated rings. The molecule has 0 bridgehead atoms. The number of benzene rings is 1. The number of esters is 1. The van der Waals surface area contributed by atoms with Crippen LogP contribution in [0.2, 0.25) is 0 Å². The number of aliphatic hydroxyl groups excluding tert-OH is 1. The second-order valence-electron chi connectivity index (χ2n) is 5.28. The average Bonchev–Trinajstić information content (AvgIpc) is 2.86. The maximum Gasteiger partial charge on any atom is 0.359 e. The number of sulfonamides is 1. The van der Waals surface area contributed by atoms with Crippen molar-refractivity contribution < 1.29 is 27.8 Å². The highest BCUT2D eigenvalue weighted by molar-refractivity contribution is 7.89. The molecule has 9 heteroatoms. The molecule has 1 aliphatic heterocycles. The number of nitrogens with zero attached hydrogens (tertiary/aromatic N) is 2. The summed E-state index contributed by atoms with van der Waals surface area (Å²) >= 11 is 0. The zero-order valence-electron chi connectivity index (χ0n) is 13.5. The molecule has 2 heterocycles. The lowest BCUT2D eigenvalue weighted by Gasteiger charge is -2.26. The van der Waals surface area contributed by atoms with Crippen LogP contribution in [0.4, 0.5) is 0 Å². The highest BCUT2D eigenvalue weighted by atomic mass is 32.2. The zero-order chi connectivity index (χ0) is 17.8. The van der Waals surface area contributed by atoms with Crippen molar-refractivity contribution in [3.63, 3.8) is 0 Å². The first kappa shape index (κ1) is 16.2. The first-order valence-corrected chi connectivity index (χ1v) is 8.37. The maximum atomic E-state index is 12.9. The molecule has 1 aromatic heterocycles. The minimum atomic E-state index is -4.05. The summed E-state index contributed by atoms with van der Waals surface area (Å²) in [6.45, 7) is 0. The Hall–Kier alpha value is -2.68. The summed E-state index contributed by atoms with van der Waals surface area (Å²) in [4.78, 5) is 11.9. The van der Waals surface area contributed by atoms with Gasteiger partial charge in [0.25, 0.3) is 10.0 Å². The topological polar surface area (TPSA) is 98.1 Å². The quantitative estimate of drug-likeness (QED) is 0.816. The third-order valence-electron chi connectivity index (χ3n) is 4.12. The highest BCUT2D eigenvalue weighted by Gasteiger charge is 2.42. The summed E-state index contributed by atoms with van der Waals surface area (Å²) in [5.41, 5.74) is 0.190. The second kappa shape index (κ2) is 5.17. The van der Waals surface area contributed by atoms with E-state index in [1.807, 2.05) is 0 Å². The van der Waals surface area contributed by atoms with Crippen molar-refractivity contribution in [1.29, 1.82) is 0 Å². The van der Waals surface area contributed by atoms with Crippen LogP contribution >= 0.6 is 0 Å². The van der Waals surface area contributed by atoms with E-state index in [9.17, 15) is 18.3 Å². The highest BCUT2D eigenvalue weighted by Crippen LogP contribution is 2.41. The summed E-state index contributed by atoms with van der Waals surface area (Å²) < 4.78 is 37.9. The fourth-order valence-electron chi connectivity index (χ4n) is 2.88. The van der Waals surface area contributed by atoms with Crippen LogP contribution in [0, 0.1) is 0 Å². The molecule has 0 aliphatic carbocycles. The van der Waals surface area contributed by atoms with E-state index in [-0.39, 0.29) is 10.6 Å². The molecule has 3 rings (SSSR count). The number of hydrogen-bond donors (Lipinski definition) is 1. The molecule has 0 saturated heterocycles. The number of hydrogen-bond acceptors (Lipinski definition) is 6. The van der Waals surface area contributed by atoms with Crippen LogP contribution in [-0.2, 0) is 26.6 Å². The molecule has 1 N–H and O–H groups in total. The SMILES string of the molecule is COC(=O)C1=C(O)c2c(c3cc(OC)ccc3n2C)S(=O)(=O)N1C. The predicted molar refractivity (Wildman–Crippen MR) is 86.0 cm³/mol. The Bertz CT molecular complexity index is 1000. The molecule has 24 heavy (non-hydrogen) atoms. The largest absolute Gasteiger partial charge is 0.504 e. The van der Waals surface area contributed by atoms with Crippen molar-refractivity contribution in [3.8, 4) is 5.75 Å². The van der Waals surface area contributed by atoms with Gasteiger partial charge in [0.1, 0.15) is 16.3 Å². The van der Waals surface area contributed by atoms with Crippen molar-refractivity contribution in [2.24, 2.45) is 7.05 Å². The van der Waals surface area contributed by atoms with Gasteiger partial charge in [0.2, 0.25) is 0 Å². The van der Waals surface area contributed by atoms with Crippen LogP contribution in [0.3, 0.4) is 0 Å². The lowest BCUT2D eigenvalue weighted by atomic mass is 10.2. The van der Waals surface area contributed by atoms with E-state index in [2.05, 4.69) is 4.74 Å². The number of methoxy groups -OCH3 is 2. The van der Waals surface area contributed by atoms with E-state index in [1.54, 1.807) is 25.2 Å². The minimum absolute atomic E-state index is 0.0387. The lowest BCUT2D eigenvalue weighted by molar-refractivity contribution is -0.137. The van der Waals surface area contributed by atoms with Crippen LogP contribution in [-0.4, -0.2) is 49.6 Å². The molecule has 2 aromatic rings. The predicted octanol–water partition coefficient (Wildman–Crippen LogP) is 1.22. The van der Waals surface area contributed by atoms with E-state index in [0.717, 1.165) is 11.4 Å². The van der Waals surface area contributed by atoms with Gasteiger partial charge in [-0.2, -0.15) is 0 Å². The van der Waals surface area contributed by atoms with Gasteiger partial charge in [-0.25, -0.2) is 13.2 Å². The molecular weight excluding hydrogens is 336 g/mol. The normalized spacial score (nSPS) is 16.2. The molecule has 8 nitrogen and oxygen atoms in total. The van der Waals surface area contributed by atoms with Crippen LogP contribution in [0.5, 0.6) is 5.75 Å². The fourth-order valence-corrected chi connectivity index (χ4v) is 4.48. The average molecular weight is 352 g/mol. The van der Waals surface area contributed by atoms with Gasteiger partial charge >= 0.3 is 5.97 Å². The van der Waals surface area contributed by atoms with Crippen molar-refractivity contribution in [3.05, 3.63) is 29.6 Å². The van der Waals surface area contributed by atoms with Crippen molar-refractivity contribution >= 4 is 32.7 Å². The number of aryl methyl sites for hydroxylation is 1. The molecule has 1 aromatic carbocycles. The van der Waals surface area contributed by atoms with Crippen LogP contribution in [0.15, 0.2) is 28.8 Å².